The van der Waals surface area contributed by atoms with Gasteiger partial charge >= 0.3 is 5.97 Å². The van der Waals surface area contributed by atoms with Crippen molar-refractivity contribution in [2.45, 2.75) is 31.0 Å². The number of amides is 4. The number of carboxylic acid groups (broad SMARTS) is 1. The number of hydrogen-bond donors (Lipinski definition) is 8. The van der Waals surface area contributed by atoms with Crippen molar-refractivity contribution in [2.24, 2.45) is 11.5 Å². The van der Waals surface area contributed by atoms with Crippen molar-refractivity contribution in [1.82, 2.24) is 16.0 Å². The number of aromatic hydroxyl groups is 1. The maximum atomic E-state index is 12.7. The Morgan fingerprint density at radius 1 is 0.935 bits per heavy atom. The van der Waals surface area contributed by atoms with Crippen molar-refractivity contribution in [3.63, 3.8) is 0 Å². The lowest BCUT2D eigenvalue weighted by atomic mass is 10.0. The fourth-order valence-electron chi connectivity index (χ4n) is 2.42. The average molecular weight is 439 g/mol. The molecule has 0 radical (unpaired) electrons. The summed E-state index contributed by atoms with van der Waals surface area (Å²) in [6.07, 6.45) is -0.549. The molecule has 1 rings (SSSR count). The molecule has 0 spiro atoms. The summed E-state index contributed by atoms with van der Waals surface area (Å²) in [6, 6.07) is 1.63. The molecule has 0 heterocycles. The predicted molar refractivity (Wildman–Crippen MR) is 105 cm³/mol. The van der Waals surface area contributed by atoms with E-state index in [1.54, 1.807) is 0 Å². The number of nitrogens with one attached hydrogen (secondary N) is 3. The van der Waals surface area contributed by atoms with Crippen molar-refractivity contribution in [1.29, 1.82) is 0 Å². The summed E-state index contributed by atoms with van der Waals surface area (Å²) in [5, 5.41) is 33.9. The minimum Gasteiger partial charge on any atom is -0.508 e. The maximum absolute atomic E-state index is 12.7. The van der Waals surface area contributed by atoms with Gasteiger partial charge in [-0.15, -0.1) is 0 Å². The second kappa shape index (κ2) is 12.1. The number of hydrogen-bond acceptors (Lipinski definition) is 8. The number of benzene rings is 1. The monoisotopic (exact) mass is 439 g/mol. The van der Waals surface area contributed by atoms with Gasteiger partial charge in [-0.3, -0.25) is 24.0 Å². The molecule has 3 atom stereocenters. The van der Waals surface area contributed by atoms with E-state index in [4.69, 9.17) is 16.6 Å². The summed E-state index contributed by atoms with van der Waals surface area (Å²) in [5.41, 5.74) is 11.1. The van der Waals surface area contributed by atoms with Gasteiger partial charge in [0.25, 0.3) is 0 Å². The van der Waals surface area contributed by atoms with Gasteiger partial charge in [-0.2, -0.15) is 0 Å². The first-order valence-corrected chi connectivity index (χ1v) is 9.06. The summed E-state index contributed by atoms with van der Waals surface area (Å²) >= 11 is 0. The largest absolute Gasteiger partial charge is 0.508 e. The molecule has 10 N–H and O–H groups in total. The van der Waals surface area contributed by atoms with Crippen LogP contribution in [0.2, 0.25) is 0 Å². The molecular formula is C18H25N5O8. The summed E-state index contributed by atoms with van der Waals surface area (Å²) in [6.45, 7) is -1.56. The number of carbonyl (C=O) groups is 5. The molecule has 31 heavy (non-hydrogen) atoms. The minimum absolute atomic E-state index is 0.0206. The number of rotatable bonds is 12. The molecule has 0 bridgehead atoms. The first-order valence-electron chi connectivity index (χ1n) is 9.06. The summed E-state index contributed by atoms with van der Waals surface area (Å²) in [5.74, 6) is -4.84. The third-order valence-electron chi connectivity index (χ3n) is 4.00. The number of aliphatic hydroxyl groups is 1. The van der Waals surface area contributed by atoms with Crippen LogP contribution in [0, 0.1) is 0 Å². The average Bonchev–Trinajstić information content (AvgIpc) is 2.70. The summed E-state index contributed by atoms with van der Waals surface area (Å²) < 4.78 is 0. The fourth-order valence-corrected chi connectivity index (χ4v) is 2.42. The van der Waals surface area contributed by atoms with Crippen LogP contribution in [0.1, 0.15) is 12.0 Å². The molecule has 0 aliphatic heterocycles. The number of nitrogens with two attached hydrogens (primary N) is 2. The Morgan fingerprint density at radius 3 is 2.03 bits per heavy atom. The van der Waals surface area contributed by atoms with Gasteiger partial charge in [0.15, 0.2) is 0 Å². The first kappa shape index (κ1) is 25.3. The van der Waals surface area contributed by atoms with Crippen LogP contribution in [0.25, 0.3) is 0 Å². The van der Waals surface area contributed by atoms with Gasteiger partial charge in [0.2, 0.25) is 23.6 Å². The molecule has 1 aromatic rings. The van der Waals surface area contributed by atoms with E-state index in [1.807, 2.05) is 5.32 Å². The number of phenolic OH excluding ortho intramolecular Hbond substituents is 1. The molecule has 0 aliphatic rings. The van der Waals surface area contributed by atoms with E-state index in [0.717, 1.165) is 0 Å². The molecule has 0 saturated carbocycles. The van der Waals surface area contributed by atoms with Gasteiger partial charge in [0, 0.05) is 6.42 Å². The first-order chi connectivity index (χ1) is 14.5. The standard InChI is InChI=1S/C18H25N5O8/c19-11(6-14(20)26)16(29)22-12(5-9-1-3-10(25)4-2-9)18(31)23-13(8-24)17(30)21-7-15(27)28/h1-4,11-13,24-25H,5-8,19H2,(H2,20,26)(H,21,30)(H,22,29)(H,23,31)(H,27,28). The smallest absolute Gasteiger partial charge is 0.322 e. The second-order valence-electron chi connectivity index (χ2n) is 6.56. The van der Waals surface area contributed by atoms with E-state index in [1.165, 1.54) is 24.3 Å². The molecular weight excluding hydrogens is 414 g/mol. The highest BCUT2D eigenvalue weighted by Crippen LogP contribution is 2.12. The molecule has 13 heteroatoms. The van der Waals surface area contributed by atoms with Crippen LogP contribution in [0.15, 0.2) is 24.3 Å². The molecule has 0 fully saturated rings. The van der Waals surface area contributed by atoms with Crippen molar-refractivity contribution < 1.29 is 39.3 Å². The third-order valence-corrected chi connectivity index (χ3v) is 4.00. The number of phenols is 1. The lowest BCUT2D eigenvalue weighted by Gasteiger charge is -2.23. The zero-order chi connectivity index (χ0) is 23.6. The number of aliphatic carboxylic acids is 1. The highest BCUT2D eigenvalue weighted by molar-refractivity contribution is 5.94. The Morgan fingerprint density at radius 2 is 1.52 bits per heavy atom. The molecule has 0 aromatic heterocycles. The van der Waals surface area contributed by atoms with Crippen molar-refractivity contribution in [2.75, 3.05) is 13.2 Å². The Bertz CT molecular complexity index is 814. The molecule has 3 unspecified atom stereocenters. The van der Waals surface area contributed by atoms with Crippen LogP contribution in [0.3, 0.4) is 0 Å². The Labute approximate surface area is 176 Å². The third kappa shape index (κ3) is 9.10. The van der Waals surface area contributed by atoms with Crippen molar-refractivity contribution >= 4 is 29.6 Å². The molecule has 13 nitrogen and oxygen atoms in total. The molecule has 1 aromatic carbocycles. The fraction of sp³-hybridized carbons (Fsp3) is 0.389. The number of carboxylic acids is 1. The second-order valence-corrected chi connectivity index (χ2v) is 6.56. The van der Waals surface area contributed by atoms with E-state index in [-0.39, 0.29) is 12.2 Å². The predicted octanol–water partition coefficient (Wildman–Crippen LogP) is -3.70. The molecule has 0 aliphatic carbocycles. The van der Waals surface area contributed by atoms with E-state index in [0.29, 0.717) is 5.56 Å². The SMILES string of the molecule is NC(=O)CC(N)C(=O)NC(Cc1ccc(O)cc1)C(=O)NC(CO)C(=O)NCC(=O)O. The lowest BCUT2D eigenvalue weighted by Crippen LogP contribution is -2.57. The van der Waals surface area contributed by atoms with Crippen LogP contribution in [-0.4, -0.2) is 76.2 Å². The summed E-state index contributed by atoms with van der Waals surface area (Å²) in [4.78, 5) is 58.4. The van der Waals surface area contributed by atoms with E-state index < -0.39 is 67.3 Å². The van der Waals surface area contributed by atoms with Crippen LogP contribution < -0.4 is 27.4 Å². The number of primary amides is 1. The molecule has 0 saturated heterocycles. The van der Waals surface area contributed by atoms with E-state index in [9.17, 15) is 34.2 Å². The lowest BCUT2D eigenvalue weighted by molar-refractivity contribution is -0.138. The maximum Gasteiger partial charge on any atom is 0.322 e. The zero-order valence-corrected chi connectivity index (χ0v) is 16.4. The number of aliphatic hydroxyl groups excluding tert-OH is 1. The normalized spacial score (nSPS) is 13.4. The van der Waals surface area contributed by atoms with Crippen molar-refractivity contribution in [3.8, 4) is 5.75 Å². The number of carbonyl (C=O) groups excluding carboxylic acids is 4. The Hall–Kier alpha value is -3.71. The topological polar surface area (TPSA) is 234 Å². The van der Waals surface area contributed by atoms with Gasteiger partial charge < -0.3 is 42.7 Å². The van der Waals surface area contributed by atoms with Gasteiger partial charge in [0.1, 0.15) is 24.4 Å². The van der Waals surface area contributed by atoms with E-state index >= 15 is 0 Å². The Balaban J connectivity index is 2.96. The van der Waals surface area contributed by atoms with Crippen LogP contribution in [0.5, 0.6) is 5.75 Å². The highest BCUT2D eigenvalue weighted by Gasteiger charge is 2.28. The van der Waals surface area contributed by atoms with Crippen LogP contribution >= 0.6 is 0 Å². The Kier molecular flexibility index (Phi) is 9.88. The van der Waals surface area contributed by atoms with Crippen LogP contribution in [-0.2, 0) is 30.4 Å². The van der Waals surface area contributed by atoms with Crippen LogP contribution in [0.4, 0.5) is 0 Å². The minimum atomic E-state index is -1.48. The van der Waals surface area contributed by atoms with Gasteiger partial charge in [-0.25, -0.2) is 0 Å². The summed E-state index contributed by atoms with van der Waals surface area (Å²) in [7, 11) is 0. The molecule has 170 valence electrons. The highest BCUT2D eigenvalue weighted by atomic mass is 16.4. The molecule has 4 amide bonds. The van der Waals surface area contributed by atoms with Crippen molar-refractivity contribution in [3.05, 3.63) is 29.8 Å². The van der Waals surface area contributed by atoms with Gasteiger partial charge in [0.05, 0.1) is 19.1 Å². The van der Waals surface area contributed by atoms with Gasteiger partial charge in [-0.05, 0) is 17.7 Å². The van der Waals surface area contributed by atoms with Gasteiger partial charge in [-0.1, -0.05) is 12.1 Å². The quantitative estimate of drug-likeness (QED) is 0.160. The zero-order valence-electron chi connectivity index (χ0n) is 16.4. The van der Waals surface area contributed by atoms with E-state index in [2.05, 4.69) is 10.6 Å².